The van der Waals surface area contributed by atoms with Crippen molar-refractivity contribution in [3.8, 4) is 17.1 Å². The van der Waals surface area contributed by atoms with Crippen LogP contribution in [0, 0.1) is 5.92 Å². The first kappa shape index (κ1) is 23.2. The Balaban J connectivity index is 1.68. The maximum atomic E-state index is 12.0. The Morgan fingerprint density at radius 1 is 1.11 bits per heavy atom. The van der Waals surface area contributed by atoms with Gasteiger partial charge in [-0.15, -0.1) is 0 Å². The van der Waals surface area contributed by atoms with E-state index in [0.717, 1.165) is 46.0 Å². The fraction of sp³-hybridized carbons (Fsp3) is 0.286. The van der Waals surface area contributed by atoms with Crippen molar-refractivity contribution in [1.29, 1.82) is 0 Å². The van der Waals surface area contributed by atoms with Crippen molar-refractivity contribution in [2.45, 2.75) is 18.9 Å². The van der Waals surface area contributed by atoms with Gasteiger partial charge in [-0.3, -0.25) is 4.98 Å². The molecule has 1 saturated heterocycles. The molecule has 1 atom stereocenters. The maximum Gasteiger partial charge on any atom is 0.335 e. The Labute approximate surface area is 213 Å². The number of aryl methyl sites for hydroxylation is 1. The zero-order chi connectivity index (χ0) is 25.5. The first-order valence-corrected chi connectivity index (χ1v) is 12.3. The fourth-order valence-corrected chi connectivity index (χ4v) is 5.57. The van der Waals surface area contributed by atoms with Gasteiger partial charge in [-0.1, -0.05) is 40.6 Å². The van der Waals surface area contributed by atoms with Crippen LogP contribution in [0.2, 0.25) is 0 Å². The molecule has 0 spiro atoms. The van der Waals surface area contributed by atoms with E-state index in [0.29, 0.717) is 25.0 Å². The Hall–Kier alpha value is -4.24. The number of hydrogen-bond acceptors (Lipinski definition) is 6. The van der Waals surface area contributed by atoms with E-state index in [1.54, 1.807) is 30.1 Å². The van der Waals surface area contributed by atoms with Gasteiger partial charge in [-0.05, 0) is 48.6 Å². The molecule has 1 fully saturated rings. The lowest BCUT2D eigenvalue weighted by Gasteiger charge is -2.33. The summed E-state index contributed by atoms with van der Waals surface area (Å²) in [6.45, 7) is 1.40. The van der Waals surface area contributed by atoms with E-state index < -0.39 is 5.97 Å². The molecule has 1 aliphatic rings. The molecule has 1 N–H and O–H groups in total. The monoisotopic (exact) mass is 497 g/mol. The quantitative estimate of drug-likeness (QED) is 0.362. The van der Waals surface area contributed by atoms with Crippen LogP contribution in [0.3, 0.4) is 0 Å². The largest absolute Gasteiger partial charge is 0.478 e. The molecule has 188 valence electrons. The van der Waals surface area contributed by atoms with E-state index >= 15 is 0 Å². The number of rotatable bonds is 6. The SMILES string of the molecule is COc1nnn(C)c1-c1cnc2c3ccc(C(=O)O)cc3n(C(c3ccccc3)C3CCOCC3)c2c1. The van der Waals surface area contributed by atoms with E-state index in [2.05, 4.69) is 33.1 Å². The van der Waals surface area contributed by atoms with Gasteiger partial charge >= 0.3 is 5.97 Å². The molecule has 0 radical (unpaired) electrons. The smallest absolute Gasteiger partial charge is 0.335 e. The molecule has 4 heterocycles. The summed E-state index contributed by atoms with van der Waals surface area (Å²) < 4.78 is 15.1. The second-order valence-corrected chi connectivity index (χ2v) is 9.38. The molecule has 0 saturated carbocycles. The number of carbonyl (C=O) groups is 1. The number of benzene rings is 2. The molecule has 3 aromatic heterocycles. The molecule has 9 nitrogen and oxygen atoms in total. The molecular weight excluding hydrogens is 470 g/mol. The van der Waals surface area contributed by atoms with Gasteiger partial charge < -0.3 is 19.1 Å². The number of aromatic nitrogens is 5. The van der Waals surface area contributed by atoms with Crippen LogP contribution in [0.15, 0.2) is 60.8 Å². The Bertz CT molecular complexity index is 1600. The summed E-state index contributed by atoms with van der Waals surface area (Å²) in [5.41, 5.74) is 5.53. The minimum Gasteiger partial charge on any atom is -0.478 e. The first-order valence-electron chi connectivity index (χ1n) is 12.3. The summed E-state index contributed by atoms with van der Waals surface area (Å²) in [6, 6.07) is 17.7. The second kappa shape index (κ2) is 9.33. The average Bonchev–Trinajstić information content (AvgIpc) is 3.47. The van der Waals surface area contributed by atoms with Crippen LogP contribution in [-0.2, 0) is 11.8 Å². The predicted molar refractivity (Wildman–Crippen MR) is 139 cm³/mol. The second-order valence-electron chi connectivity index (χ2n) is 9.38. The van der Waals surface area contributed by atoms with Gasteiger partial charge in [-0.2, -0.15) is 0 Å². The van der Waals surface area contributed by atoms with Crippen molar-refractivity contribution in [3.63, 3.8) is 0 Å². The van der Waals surface area contributed by atoms with Crippen LogP contribution in [0.5, 0.6) is 5.88 Å². The van der Waals surface area contributed by atoms with Gasteiger partial charge in [0.05, 0.1) is 35.3 Å². The number of ether oxygens (including phenoxy) is 2. The minimum absolute atomic E-state index is 0.0299. The Morgan fingerprint density at radius 3 is 2.62 bits per heavy atom. The minimum atomic E-state index is -0.958. The topological polar surface area (TPSA) is 104 Å². The van der Waals surface area contributed by atoms with E-state index in [1.807, 2.05) is 31.3 Å². The third-order valence-corrected chi connectivity index (χ3v) is 7.28. The van der Waals surface area contributed by atoms with Gasteiger partial charge in [-0.25, -0.2) is 9.48 Å². The van der Waals surface area contributed by atoms with E-state index in [1.165, 1.54) is 5.56 Å². The molecular formula is C28H27N5O4. The van der Waals surface area contributed by atoms with Crippen molar-refractivity contribution in [3.05, 3.63) is 71.9 Å². The summed E-state index contributed by atoms with van der Waals surface area (Å²) in [6.07, 6.45) is 3.61. The van der Waals surface area contributed by atoms with Gasteiger partial charge in [0, 0.05) is 37.4 Å². The molecule has 2 aromatic carbocycles. The third-order valence-electron chi connectivity index (χ3n) is 7.28. The first-order chi connectivity index (χ1) is 18.1. The van der Waals surface area contributed by atoms with Crippen LogP contribution in [0.25, 0.3) is 33.2 Å². The summed E-state index contributed by atoms with van der Waals surface area (Å²) in [4.78, 5) is 16.8. The molecule has 1 unspecified atom stereocenters. The summed E-state index contributed by atoms with van der Waals surface area (Å²) in [5.74, 6) is -0.233. The normalized spacial score (nSPS) is 15.3. The number of aromatic carboxylic acids is 1. The van der Waals surface area contributed by atoms with Crippen molar-refractivity contribution in [2.75, 3.05) is 20.3 Å². The third kappa shape index (κ3) is 3.92. The number of hydrogen-bond donors (Lipinski definition) is 1. The Kier molecular flexibility index (Phi) is 5.84. The lowest BCUT2D eigenvalue weighted by atomic mass is 9.86. The lowest BCUT2D eigenvalue weighted by Crippen LogP contribution is -2.27. The van der Waals surface area contributed by atoms with Crippen molar-refractivity contribution in [2.24, 2.45) is 13.0 Å². The highest BCUT2D eigenvalue weighted by atomic mass is 16.5. The number of carboxylic acids is 1. The highest BCUT2D eigenvalue weighted by Gasteiger charge is 2.30. The van der Waals surface area contributed by atoms with Gasteiger partial charge in [0.2, 0.25) is 0 Å². The summed E-state index contributed by atoms with van der Waals surface area (Å²) in [5, 5.41) is 19.0. The molecule has 0 aliphatic carbocycles. The van der Waals surface area contributed by atoms with Crippen molar-refractivity contribution in [1.82, 2.24) is 24.5 Å². The highest BCUT2D eigenvalue weighted by molar-refractivity contribution is 6.08. The zero-order valence-electron chi connectivity index (χ0n) is 20.7. The number of fused-ring (bicyclic) bond motifs is 3. The van der Waals surface area contributed by atoms with Gasteiger partial charge in [0.1, 0.15) is 5.69 Å². The summed E-state index contributed by atoms with van der Waals surface area (Å²) in [7, 11) is 3.39. The molecule has 1 aliphatic heterocycles. The molecule has 0 bridgehead atoms. The van der Waals surface area contributed by atoms with Crippen LogP contribution < -0.4 is 4.74 Å². The van der Waals surface area contributed by atoms with E-state index in [4.69, 9.17) is 14.5 Å². The fourth-order valence-electron chi connectivity index (χ4n) is 5.57. The number of carboxylic acid groups (broad SMARTS) is 1. The van der Waals surface area contributed by atoms with Gasteiger partial charge in [0.15, 0.2) is 0 Å². The predicted octanol–water partition coefficient (Wildman–Crippen LogP) is 4.71. The molecule has 5 aromatic rings. The molecule has 6 rings (SSSR count). The van der Waals surface area contributed by atoms with Gasteiger partial charge in [0.25, 0.3) is 5.88 Å². The van der Waals surface area contributed by atoms with E-state index in [-0.39, 0.29) is 11.6 Å². The Morgan fingerprint density at radius 2 is 1.89 bits per heavy atom. The van der Waals surface area contributed by atoms with E-state index in [9.17, 15) is 9.90 Å². The average molecular weight is 498 g/mol. The lowest BCUT2D eigenvalue weighted by molar-refractivity contribution is 0.0553. The van der Waals surface area contributed by atoms with Crippen LogP contribution in [0.1, 0.15) is 34.8 Å². The number of methoxy groups -OCH3 is 1. The standard InChI is InChI=1S/C28H27N5O4/c1-32-26(27(36-2)30-31-32)20-15-23-24(29-16-20)21-9-8-19(28(34)35)14-22(21)33(23)25(17-6-4-3-5-7-17)18-10-12-37-13-11-18/h3-9,14-16,18,25H,10-13H2,1-2H3,(H,34,35). The summed E-state index contributed by atoms with van der Waals surface area (Å²) >= 11 is 0. The highest BCUT2D eigenvalue weighted by Crippen LogP contribution is 2.41. The number of nitrogens with zero attached hydrogens (tertiary/aromatic N) is 5. The van der Waals surface area contributed by atoms with Crippen molar-refractivity contribution < 1.29 is 19.4 Å². The van der Waals surface area contributed by atoms with Crippen molar-refractivity contribution >= 4 is 27.9 Å². The molecule has 9 heteroatoms. The van der Waals surface area contributed by atoms with Crippen LogP contribution in [-0.4, -0.2) is 55.9 Å². The van der Waals surface area contributed by atoms with Crippen LogP contribution >= 0.6 is 0 Å². The zero-order valence-corrected chi connectivity index (χ0v) is 20.7. The molecule has 0 amide bonds. The van der Waals surface area contributed by atoms with Crippen LogP contribution in [0.4, 0.5) is 0 Å². The molecule has 37 heavy (non-hydrogen) atoms. The maximum absolute atomic E-state index is 12.0. The number of pyridine rings is 1.